The SMILES string of the molecule is O=C1c2ccccc2C(=O)N1c1ccc2ncc(F)cc2c1. The third-order valence-corrected chi connectivity index (χ3v) is 3.68. The molecule has 0 bridgehead atoms. The molecule has 0 saturated carbocycles. The Kier molecular flexibility index (Phi) is 2.56. The van der Waals surface area contributed by atoms with Crippen molar-refractivity contribution in [1.82, 2.24) is 4.98 Å². The molecule has 3 aromatic rings. The summed E-state index contributed by atoms with van der Waals surface area (Å²) in [6.45, 7) is 0. The molecule has 106 valence electrons. The summed E-state index contributed by atoms with van der Waals surface area (Å²) in [4.78, 5) is 29.9. The Balaban J connectivity index is 1.86. The lowest BCUT2D eigenvalue weighted by atomic mass is 10.1. The first-order valence-electron chi connectivity index (χ1n) is 6.68. The predicted octanol–water partition coefficient (Wildman–Crippen LogP) is 3.17. The maximum atomic E-state index is 13.3. The van der Waals surface area contributed by atoms with E-state index in [-0.39, 0.29) is 11.8 Å². The molecule has 0 N–H and O–H groups in total. The molecule has 2 amide bonds. The molecule has 0 spiro atoms. The number of rotatable bonds is 1. The van der Waals surface area contributed by atoms with E-state index in [9.17, 15) is 14.0 Å². The highest BCUT2D eigenvalue weighted by Crippen LogP contribution is 2.30. The van der Waals surface area contributed by atoms with Crippen molar-refractivity contribution in [2.24, 2.45) is 0 Å². The lowest BCUT2D eigenvalue weighted by molar-refractivity contribution is 0.0926. The fourth-order valence-corrected chi connectivity index (χ4v) is 2.65. The molecular formula is C17H9FN2O2. The van der Waals surface area contributed by atoms with Gasteiger partial charge in [-0.2, -0.15) is 0 Å². The minimum absolute atomic E-state index is 0.371. The topological polar surface area (TPSA) is 50.3 Å². The third kappa shape index (κ3) is 1.72. The highest BCUT2D eigenvalue weighted by atomic mass is 19.1. The smallest absolute Gasteiger partial charge is 0.266 e. The number of nitrogens with zero attached hydrogens (tertiary/aromatic N) is 2. The van der Waals surface area contributed by atoms with Gasteiger partial charge in [-0.1, -0.05) is 12.1 Å². The van der Waals surface area contributed by atoms with Crippen LogP contribution in [0.1, 0.15) is 20.7 Å². The summed E-state index contributed by atoms with van der Waals surface area (Å²) >= 11 is 0. The van der Waals surface area contributed by atoms with Gasteiger partial charge in [-0.3, -0.25) is 14.6 Å². The quantitative estimate of drug-likeness (QED) is 0.647. The van der Waals surface area contributed by atoms with Crippen LogP contribution < -0.4 is 4.90 Å². The maximum absolute atomic E-state index is 13.3. The Hall–Kier alpha value is -3.08. The van der Waals surface area contributed by atoms with Crippen LogP contribution in [0.4, 0.5) is 10.1 Å². The molecule has 5 heteroatoms. The number of anilines is 1. The van der Waals surface area contributed by atoms with Crippen LogP contribution in [-0.4, -0.2) is 16.8 Å². The van der Waals surface area contributed by atoms with Crippen molar-refractivity contribution in [2.75, 3.05) is 4.90 Å². The second-order valence-electron chi connectivity index (χ2n) is 5.02. The molecule has 0 fully saturated rings. The van der Waals surface area contributed by atoms with Crippen molar-refractivity contribution in [3.8, 4) is 0 Å². The standard InChI is InChI=1S/C17H9FN2O2/c18-11-7-10-8-12(5-6-15(10)19-9-11)20-16(21)13-3-1-2-4-14(13)17(20)22/h1-9H. The number of amides is 2. The molecule has 0 radical (unpaired) electrons. The summed E-state index contributed by atoms with van der Waals surface area (Å²) in [6, 6.07) is 12.9. The van der Waals surface area contributed by atoms with E-state index in [0.717, 1.165) is 11.1 Å². The van der Waals surface area contributed by atoms with Gasteiger partial charge in [-0.25, -0.2) is 9.29 Å². The predicted molar refractivity (Wildman–Crippen MR) is 79.3 cm³/mol. The minimum atomic E-state index is -0.466. The fourth-order valence-electron chi connectivity index (χ4n) is 2.65. The number of hydrogen-bond acceptors (Lipinski definition) is 3. The number of hydrogen-bond donors (Lipinski definition) is 0. The molecule has 4 nitrogen and oxygen atoms in total. The number of pyridine rings is 1. The van der Waals surface area contributed by atoms with E-state index < -0.39 is 5.82 Å². The largest absolute Gasteiger partial charge is 0.268 e. The number of carbonyl (C=O) groups excluding carboxylic acids is 2. The number of halogens is 1. The van der Waals surface area contributed by atoms with E-state index in [1.165, 1.54) is 6.07 Å². The van der Waals surface area contributed by atoms with E-state index in [0.29, 0.717) is 27.7 Å². The van der Waals surface area contributed by atoms with E-state index >= 15 is 0 Å². The normalized spacial score (nSPS) is 13.8. The van der Waals surface area contributed by atoms with Crippen molar-refractivity contribution in [1.29, 1.82) is 0 Å². The summed E-state index contributed by atoms with van der Waals surface area (Å²) in [7, 11) is 0. The van der Waals surface area contributed by atoms with Crippen LogP contribution in [0.15, 0.2) is 54.7 Å². The lowest BCUT2D eigenvalue weighted by Crippen LogP contribution is -2.29. The van der Waals surface area contributed by atoms with E-state index in [4.69, 9.17) is 0 Å². The zero-order valence-corrected chi connectivity index (χ0v) is 11.3. The van der Waals surface area contributed by atoms with Crippen molar-refractivity contribution >= 4 is 28.4 Å². The number of imide groups is 1. The van der Waals surface area contributed by atoms with E-state index in [1.54, 1.807) is 42.5 Å². The Labute approximate surface area is 124 Å². The molecule has 1 aliphatic heterocycles. The van der Waals surface area contributed by atoms with Crippen molar-refractivity contribution in [2.45, 2.75) is 0 Å². The molecule has 1 aliphatic rings. The van der Waals surface area contributed by atoms with E-state index in [1.807, 2.05) is 0 Å². The lowest BCUT2D eigenvalue weighted by Gasteiger charge is -2.14. The second kappa shape index (κ2) is 4.46. The van der Waals surface area contributed by atoms with Crippen LogP contribution in [-0.2, 0) is 0 Å². The molecule has 2 heterocycles. The Morgan fingerprint density at radius 3 is 2.27 bits per heavy atom. The molecular weight excluding hydrogens is 283 g/mol. The van der Waals surface area contributed by atoms with Gasteiger partial charge in [0.1, 0.15) is 5.82 Å². The van der Waals surface area contributed by atoms with Gasteiger partial charge in [0, 0.05) is 5.39 Å². The van der Waals surface area contributed by atoms with E-state index in [2.05, 4.69) is 4.98 Å². The zero-order valence-electron chi connectivity index (χ0n) is 11.3. The maximum Gasteiger partial charge on any atom is 0.266 e. The summed E-state index contributed by atoms with van der Waals surface area (Å²) in [5, 5.41) is 0.536. The summed E-state index contributed by atoms with van der Waals surface area (Å²) < 4.78 is 13.3. The van der Waals surface area contributed by atoms with Gasteiger partial charge in [0.15, 0.2) is 0 Å². The molecule has 0 unspecified atom stereocenters. The second-order valence-corrected chi connectivity index (χ2v) is 5.02. The third-order valence-electron chi connectivity index (χ3n) is 3.68. The molecule has 0 aliphatic carbocycles. The van der Waals surface area contributed by atoms with Crippen LogP contribution in [0, 0.1) is 5.82 Å². The van der Waals surface area contributed by atoms with Gasteiger partial charge >= 0.3 is 0 Å². The highest BCUT2D eigenvalue weighted by molar-refractivity contribution is 6.34. The highest BCUT2D eigenvalue weighted by Gasteiger charge is 2.36. The van der Waals surface area contributed by atoms with Gasteiger partial charge in [0.2, 0.25) is 0 Å². The number of carbonyl (C=O) groups is 2. The average Bonchev–Trinajstić information content (AvgIpc) is 2.79. The van der Waals surface area contributed by atoms with Crippen LogP contribution in [0.25, 0.3) is 10.9 Å². The number of fused-ring (bicyclic) bond motifs is 2. The average molecular weight is 292 g/mol. The summed E-state index contributed by atoms with van der Waals surface area (Å²) in [6.07, 6.45) is 1.13. The zero-order chi connectivity index (χ0) is 15.3. The Bertz CT molecular complexity index is 917. The number of aromatic nitrogens is 1. The van der Waals surface area contributed by atoms with Gasteiger partial charge < -0.3 is 0 Å². The summed E-state index contributed by atoms with van der Waals surface area (Å²) in [5.41, 5.74) is 1.77. The summed E-state index contributed by atoms with van der Waals surface area (Å²) in [5.74, 6) is -1.21. The molecule has 0 atom stereocenters. The monoisotopic (exact) mass is 292 g/mol. The van der Waals surface area contributed by atoms with Crippen LogP contribution in [0.5, 0.6) is 0 Å². The van der Waals surface area contributed by atoms with Gasteiger partial charge in [0.05, 0.1) is 28.5 Å². The van der Waals surface area contributed by atoms with Crippen LogP contribution in [0.3, 0.4) is 0 Å². The first kappa shape index (κ1) is 12.6. The molecule has 1 aromatic heterocycles. The van der Waals surface area contributed by atoms with Crippen LogP contribution in [0.2, 0.25) is 0 Å². The molecule has 4 rings (SSSR count). The van der Waals surface area contributed by atoms with Gasteiger partial charge in [0.25, 0.3) is 11.8 Å². The fraction of sp³-hybridized carbons (Fsp3) is 0. The Morgan fingerprint density at radius 2 is 1.59 bits per heavy atom. The minimum Gasteiger partial charge on any atom is -0.268 e. The first-order valence-corrected chi connectivity index (χ1v) is 6.68. The van der Waals surface area contributed by atoms with Gasteiger partial charge in [-0.05, 0) is 36.4 Å². The first-order chi connectivity index (χ1) is 10.6. The van der Waals surface area contributed by atoms with Crippen molar-refractivity contribution < 1.29 is 14.0 Å². The van der Waals surface area contributed by atoms with Crippen molar-refractivity contribution in [3.05, 3.63) is 71.7 Å². The number of benzene rings is 2. The molecule has 2 aromatic carbocycles. The molecule has 22 heavy (non-hydrogen) atoms. The van der Waals surface area contributed by atoms with Crippen molar-refractivity contribution in [3.63, 3.8) is 0 Å². The van der Waals surface area contributed by atoms with Crippen LogP contribution >= 0.6 is 0 Å². The van der Waals surface area contributed by atoms with Gasteiger partial charge in [-0.15, -0.1) is 0 Å². The molecule has 0 saturated heterocycles. The Morgan fingerprint density at radius 1 is 0.909 bits per heavy atom.